The van der Waals surface area contributed by atoms with Crippen LogP contribution in [0.3, 0.4) is 0 Å². The van der Waals surface area contributed by atoms with E-state index in [-0.39, 0.29) is 21.5 Å². The van der Waals surface area contributed by atoms with Gasteiger partial charge in [0.2, 0.25) is 0 Å². The van der Waals surface area contributed by atoms with Crippen molar-refractivity contribution in [1.29, 1.82) is 0 Å². The number of amides is 2. The van der Waals surface area contributed by atoms with Gasteiger partial charge in [0.25, 0.3) is 15.3 Å². The zero-order valence-electron chi connectivity index (χ0n) is 15.1. The fourth-order valence-electron chi connectivity index (χ4n) is 1.92. The van der Waals surface area contributed by atoms with Crippen LogP contribution in [0.15, 0.2) is 58.3 Å². The number of nitrogens with one attached hydrogen (secondary N) is 2. The number of nitrogens with zero attached hydrogens (tertiary/aromatic N) is 1. The van der Waals surface area contributed by atoms with Gasteiger partial charge in [-0.15, -0.1) is 0 Å². The maximum atomic E-state index is 12.4. The minimum atomic E-state index is -5.05. The molecule has 0 heterocycles. The SMILES string of the molecule is CN(C)C(=O)Sc1ccc(NS(=O)(=O)c2ccc(NC(=O)C(F)(F)F)cc2)cc1. The highest BCUT2D eigenvalue weighted by Gasteiger charge is 2.38. The number of carbonyl (C=O) groups is 2. The summed E-state index contributed by atoms with van der Waals surface area (Å²) in [5.41, 5.74) is 0.0410. The number of benzene rings is 2. The average Bonchev–Trinajstić information content (AvgIpc) is 2.62. The van der Waals surface area contributed by atoms with E-state index in [0.29, 0.717) is 4.90 Å². The molecule has 0 fully saturated rings. The molecule has 0 saturated carbocycles. The number of sulfonamides is 1. The molecule has 0 aromatic heterocycles. The van der Waals surface area contributed by atoms with Gasteiger partial charge in [-0.3, -0.25) is 14.3 Å². The summed E-state index contributed by atoms with van der Waals surface area (Å²) in [5.74, 6) is -2.16. The molecule has 0 unspecified atom stereocenters. The molecule has 0 aliphatic rings. The maximum Gasteiger partial charge on any atom is 0.471 e. The zero-order chi connectivity index (χ0) is 21.8. The molecular formula is C17H16F3N3O4S2. The minimum Gasteiger partial charge on any atom is -0.339 e. The summed E-state index contributed by atoms with van der Waals surface area (Å²) in [6.07, 6.45) is -5.05. The van der Waals surface area contributed by atoms with Crippen molar-refractivity contribution in [2.45, 2.75) is 16.0 Å². The quantitative estimate of drug-likeness (QED) is 0.681. The Labute approximate surface area is 169 Å². The second kappa shape index (κ2) is 8.74. The van der Waals surface area contributed by atoms with Gasteiger partial charge in [0, 0.05) is 30.4 Å². The van der Waals surface area contributed by atoms with Gasteiger partial charge < -0.3 is 10.2 Å². The predicted octanol–water partition coefficient (Wildman–Crippen LogP) is 3.76. The number of carbonyl (C=O) groups excluding carboxylic acids is 2. The minimum absolute atomic E-state index is 0.184. The number of thioether (sulfide) groups is 1. The molecule has 0 saturated heterocycles. The fraction of sp³-hybridized carbons (Fsp3) is 0.176. The number of anilines is 2. The predicted molar refractivity (Wildman–Crippen MR) is 103 cm³/mol. The molecule has 2 aromatic rings. The highest BCUT2D eigenvalue weighted by Crippen LogP contribution is 2.24. The van der Waals surface area contributed by atoms with Gasteiger partial charge in [-0.05, 0) is 60.3 Å². The molecular weight excluding hydrogens is 431 g/mol. The summed E-state index contributed by atoms with van der Waals surface area (Å²) in [6, 6.07) is 10.3. The number of rotatable bonds is 5. The van der Waals surface area contributed by atoms with E-state index >= 15 is 0 Å². The van der Waals surface area contributed by atoms with Crippen molar-refractivity contribution < 1.29 is 31.2 Å². The molecule has 2 amide bonds. The van der Waals surface area contributed by atoms with Gasteiger partial charge in [-0.25, -0.2) is 8.42 Å². The number of halogens is 3. The first kappa shape index (κ1) is 22.6. The lowest BCUT2D eigenvalue weighted by molar-refractivity contribution is -0.167. The van der Waals surface area contributed by atoms with Crippen molar-refractivity contribution in [1.82, 2.24) is 4.90 Å². The summed E-state index contributed by atoms with van der Waals surface area (Å²) in [4.78, 5) is 24.4. The third-order valence-electron chi connectivity index (χ3n) is 3.36. The summed E-state index contributed by atoms with van der Waals surface area (Å²) in [5, 5.41) is 1.44. The van der Waals surface area contributed by atoms with Crippen LogP contribution in [-0.2, 0) is 14.8 Å². The van der Waals surface area contributed by atoms with Crippen LogP contribution in [0.2, 0.25) is 0 Å². The molecule has 0 bridgehead atoms. The van der Waals surface area contributed by atoms with Crippen LogP contribution in [-0.4, -0.2) is 44.7 Å². The van der Waals surface area contributed by atoms with Crippen LogP contribution in [0.4, 0.5) is 29.3 Å². The zero-order valence-corrected chi connectivity index (χ0v) is 16.8. The fourth-order valence-corrected chi connectivity index (χ4v) is 3.63. The maximum absolute atomic E-state index is 12.4. The molecule has 0 atom stereocenters. The molecule has 29 heavy (non-hydrogen) atoms. The standard InChI is InChI=1S/C17H16F3N3O4S2/c1-23(2)16(25)28-13-7-3-12(4-8-13)22-29(26,27)14-9-5-11(6-10-14)21-15(24)17(18,19)20/h3-10,22H,1-2H3,(H,21,24). The van der Waals surface area contributed by atoms with E-state index in [9.17, 15) is 31.2 Å². The Hall–Kier alpha value is -2.73. The Morgan fingerprint density at radius 1 is 0.931 bits per heavy atom. The van der Waals surface area contributed by atoms with Crippen molar-refractivity contribution in [3.05, 3.63) is 48.5 Å². The second-order valence-corrected chi connectivity index (χ2v) is 8.58. The normalized spacial score (nSPS) is 11.6. The van der Waals surface area contributed by atoms with Gasteiger partial charge in [-0.1, -0.05) is 0 Å². The van der Waals surface area contributed by atoms with Gasteiger partial charge in [0.1, 0.15) is 0 Å². The topological polar surface area (TPSA) is 95.6 Å². The molecule has 2 N–H and O–H groups in total. The Bertz CT molecular complexity index is 990. The Balaban J connectivity index is 2.07. The van der Waals surface area contributed by atoms with Gasteiger partial charge in [0.05, 0.1) is 4.90 Å². The number of alkyl halides is 3. The summed E-state index contributed by atoms with van der Waals surface area (Å²) < 4.78 is 63.9. The largest absolute Gasteiger partial charge is 0.471 e. The Kier molecular flexibility index (Phi) is 6.80. The Morgan fingerprint density at radius 2 is 1.45 bits per heavy atom. The molecule has 0 radical (unpaired) electrons. The van der Waals surface area contributed by atoms with Crippen molar-refractivity contribution in [3.8, 4) is 0 Å². The third kappa shape index (κ3) is 6.39. The van der Waals surface area contributed by atoms with E-state index in [0.717, 1.165) is 36.0 Å². The Morgan fingerprint density at radius 3 is 1.93 bits per heavy atom. The second-order valence-electron chi connectivity index (χ2n) is 5.87. The first-order valence-electron chi connectivity index (χ1n) is 7.89. The van der Waals surface area contributed by atoms with E-state index in [4.69, 9.17) is 0 Å². The molecule has 0 aliphatic carbocycles. The van der Waals surface area contributed by atoms with Crippen LogP contribution in [0.5, 0.6) is 0 Å². The lowest BCUT2D eigenvalue weighted by atomic mass is 10.3. The van der Waals surface area contributed by atoms with Crippen LogP contribution < -0.4 is 10.0 Å². The number of hydrogen-bond acceptors (Lipinski definition) is 5. The van der Waals surface area contributed by atoms with Gasteiger partial charge in [-0.2, -0.15) is 13.2 Å². The smallest absolute Gasteiger partial charge is 0.339 e. The van der Waals surface area contributed by atoms with E-state index < -0.39 is 22.1 Å². The van der Waals surface area contributed by atoms with E-state index in [2.05, 4.69) is 4.72 Å². The highest BCUT2D eigenvalue weighted by molar-refractivity contribution is 8.13. The van der Waals surface area contributed by atoms with Crippen LogP contribution in [0, 0.1) is 0 Å². The molecule has 0 spiro atoms. The number of hydrogen-bond donors (Lipinski definition) is 2. The van der Waals surface area contributed by atoms with Crippen molar-refractivity contribution in [2.24, 2.45) is 0 Å². The average molecular weight is 447 g/mol. The van der Waals surface area contributed by atoms with Crippen molar-refractivity contribution >= 4 is 44.3 Å². The first-order valence-corrected chi connectivity index (χ1v) is 10.2. The third-order valence-corrected chi connectivity index (χ3v) is 5.80. The van der Waals surface area contributed by atoms with E-state index in [1.807, 2.05) is 0 Å². The van der Waals surface area contributed by atoms with Crippen LogP contribution in [0.25, 0.3) is 0 Å². The molecule has 2 rings (SSSR count). The first-order chi connectivity index (χ1) is 13.4. The lowest BCUT2D eigenvalue weighted by Crippen LogP contribution is -2.29. The lowest BCUT2D eigenvalue weighted by Gasteiger charge is -2.11. The van der Waals surface area contributed by atoms with Crippen molar-refractivity contribution in [3.63, 3.8) is 0 Å². The molecule has 0 aliphatic heterocycles. The summed E-state index contributed by atoms with van der Waals surface area (Å²) >= 11 is 0.978. The van der Waals surface area contributed by atoms with Crippen LogP contribution >= 0.6 is 11.8 Å². The molecule has 7 nitrogen and oxygen atoms in total. The van der Waals surface area contributed by atoms with Gasteiger partial charge in [0.15, 0.2) is 0 Å². The molecule has 2 aromatic carbocycles. The summed E-state index contributed by atoms with van der Waals surface area (Å²) in [6.45, 7) is 0. The molecule has 156 valence electrons. The monoisotopic (exact) mass is 447 g/mol. The van der Waals surface area contributed by atoms with E-state index in [1.54, 1.807) is 31.5 Å². The van der Waals surface area contributed by atoms with Gasteiger partial charge >= 0.3 is 12.1 Å². The van der Waals surface area contributed by atoms with Crippen molar-refractivity contribution in [2.75, 3.05) is 24.1 Å². The van der Waals surface area contributed by atoms with E-state index in [1.165, 1.54) is 17.0 Å². The summed E-state index contributed by atoms with van der Waals surface area (Å²) in [7, 11) is -0.786. The molecule has 12 heteroatoms. The van der Waals surface area contributed by atoms with Crippen LogP contribution in [0.1, 0.15) is 0 Å². The highest BCUT2D eigenvalue weighted by atomic mass is 32.2.